The fourth-order valence-electron chi connectivity index (χ4n) is 2.23. The Labute approximate surface area is 117 Å². The van der Waals surface area contributed by atoms with Gasteiger partial charge in [-0.15, -0.1) is 0 Å². The van der Waals surface area contributed by atoms with E-state index < -0.39 is 5.97 Å². The first-order valence-electron chi connectivity index (χ1n) is 6.31. The SMILES string of the molecule is CN1CCN(C)C(Cn2ccnc2SCC(=O)O)C1. The highest BCUT2D eigenvalue weighted by Gasteiger charge is 2.23. The van der Waals surface area contributed by atoms with Crippen LogP contribution < -0.4 is 0 Å². The summed E-state index contributed by atoms with van der Waals surface area (Å²) in [4.78, 5) is 19.5. The first-order valence-corrected chi connectivity index (χ1v) is 7.29. The van der Waals surface area contributed by atoms with E-state index in [9.17, 15) is 4.79 Å². The monoisotopic (exact) mass is 284 g/mol. The Morgan fingerprint density at radius 3 is 3.05 bits per heavy atom. The number of hydrogen-bond donors (Lipinski definition) is 1. The van der Waals surface area contributed by atoms with E-state index in [-0.39, 0.29) is 5.75 Å². The fourth-order valence-corrected chi connectivity index (χ4v) is 2.92. The van der Waals surface area contributed by atoms with Gasteiger partial charge in [-0.1, -0.05) is 11.8 Å². The third-order valence-electron chi connectivity index (χ3n) is 3.39. The Kier molecular flexibility index (Phi) is 4.84. The molecule has 1 aliphatic heterocycles. The summed E-state index contributed by atoms with van der Waals surface area (Å²) in [6, 6.07) is 0.442. The minimum atomic E-state index is -0.811. The van der Waals surface area contributed by atoms with E-state index in [0.29, 0.717) is 6.04 Å². The molecule has 6 nitrogen and oxygen atoms in total. The molecule has 1 saturated heterocycles. The zero-order valence-corrected chi connectivity index (χ0v) is 12.1. The lowest BCUT2D eigenvalue weighted by Crippen LogP contribution is -2.51. The third-order valence-corrected chi connectivity index (χ3v) is 4.38. The van der Waals surface area contributed by atoms with Crippen LogP contribution in [0.15, 0.2) is 17.6 Å². The standard InChI is InChI=1S/C12H20N4O2S/c1-14-5-6-15(2)10(7-14)8-16-4-3-13-12(16)19-9-11(17)18/h3-4,10H,5-9H2,1-2H3,(H,17,18). The van der Waals surface area contributed by atoms with Crippen molar-refractivity contribution in [2.45, 2.75) is 17.7 Å². The summed E-state index contributed by atoms with van der Waals surface area (Å²) in [6.45, 7) is 4.03. The molecule has 0 bridgehead atoms. The van der Waals surface area contributed by atoms with Gasteiger partial charge in [0.25, 0.3) is 0 Å². The van der Waals surface area contributed by atoms with Gasteiger partial charge in [0.15, 0.2) is 5.16 Å². The highest BCUT2D eigenvalue weighted by atomic mass is 32.2. The molecule has 0 amide bonds. The molecular formula is C12H20N4O2S. The van der Waals surface area contributed by atoms with Crippen LogP contribution in [0, 0.1) is 0 Å². The van der Waals surface area contributed by atoms with E-state index >= 15 is 0 Å². The predicted octanol–water partition coefficient (Wildman–Crippen LogP) is 0.306. The van der Waals surface area contributed by atoms with Crippen molar-refractivity contribution in [3.05, 3.63) is 12.4 Å². The zero-order valence-electron chi connectivity index (χ0n) is 11.3. The first kappa shape index (κ1) is 14.4. The number of carboxylic acids is 1. The van der Waals surface area contributed by atoms with Gasteiger partial charge in [0.2, 0.25) is 0 Å². The van der Waals surface area contributed by atoms with Gasteiger partial charge in [-0.2, -0.15) is 0 Å². The number of hydrogen-bond acceptors (Lipinski definition) is 5. The average Bonchev–Trinajstić information content (AvgIpc) is 2.79. The van der Waals surface area contributed by atoms with E-state index in [1.165, 1.54) is 11.8 Å². The number of nitrogens with zero attached hydrogens (tertiary/aromatic N) is 4. The van der Waals surface area contributed by atoms with Crippen molar-refractivity contribution >= 4 is 17.7 Å². The highest BCUT2D eigenvalue weighted by Crippen LogP contribution is 2.17. The molecule has 2 rings (SSSR count). The molecule has 7 heteroatoms. The molecule has 1 aliphatic rings. The molecular weight excluding hydrogens is 264 g/mol. The minimum absolute atomic E-state index is 0.0530. The van der Waals surface area contributed by atoms with Crippen molar-refractivity contribution in [3.63, 3.8) is 0 Å². The summed E-state index contributed by atoms with van der Waals surface area (Å²) in [7, 11) is 4.27. The fraction of sp³-hybridized carbons (Fsp3) is 0.667. The van der Waals surface area contributed by atoms with Crippen LogP contribution in [0.5, 0.6) is 0 Å². The normalized spacial score (nSPS) is 21.7. The Hall–Kier alpha value is -1.05. The van der Waals surface area contributed by atoms with E-state index in [4.69, 9.17) is 5.11 Å². The predicted molar refractivity (Wildman–Crippen MR) is 74.5 cm³/mol. The lowest BCUT2D eigenvalue weighted by molar-refractivity contribution is -0.133. The molecule has 1 aromatic heterocycles. The average molecular weight is 284 g/mol. The topological polar surface area (TPSA) is 61.6 Å². The van der Waals surface area contributed by atoms with Crippen molar-refractivity contribution in [2.75, 3.05) is 39.5 Å². The van der Waals surface area contributed by atoms with Gasteiger partial charge in [-0.05, 0) is 14.1 Å². The summed E-state index contributed by atoms with van der Waals surface area (Å²) >= 11 is 1.27. The van der Waals surface area contributed by atoms with E-state index in [0.717, 1.165) is 31.3 Å². The molecule has 1 unspecified atom stereocenters. The number of aliphatic carboxylic acids is 1. The molecule has 0 aliphatic carbocycles. The Bertz CT molecular complexity index is 437. The van der Waals surface area contributed by atoms with Crippen LogP contribution in [0.25, 0.3) is 0 Å². The molecule has 19 heavy (non-hydrogen) atoms. The highest BCUT2D eigenvalue weighted by molar-refractivity contribution is 7.99. The van der Waals surface area contributed by atoms with Crippen LogP contribution >= 0.6 is 11.8 Å². The van der Waals surface area contributed by atoms with Crippen molar-refractivity contribution in [2.24, 2.45) is 0 Å². The molecule has 2 heterocycles. The van der Waals surface area contributed by atoms with Gasteiger partial charge in [0.1, 0.15) is 0 Å². The third kappa shape index (κ3) is 3.95. The molecule has 0 saturated carbocycles. The van der Waals surface area contributed by atoms with Crippen LogP contribution in [0.4, 0.5) is 0 Å². The van der Waals surface area contributed by atoms with E-state index in [1.54, 1.807) is 6.20 Å². The molecule has 1 N–H and O–H groups in total. The number of likely N-dealkylation sites (N-methyl/N-ethyl adjacent to an activating group) is 2. The largest absolute Gasteiger partial charge is 0.481 e. The van der Waals surface area contributed by atoms with Gasteiger partial charge in [-0.25, -0.2) is 4.98 Å². The van der Waals surface area contributed by atoms with E-state index in [1.807, 2.05) is 10.8 Å². The van der Waals surface area contributed by atoms with Crippen LogP contribution in [-0.4, -0.2) is 76.0 Å². The lowest BCUT2D eigenvalue weighted by atomic mass is 10.2. The Morgan fingerprint density at radius 2 is 2.32 bits per heavy atom. The quantitative estimate of drug-likeness (QED) is 0.785. The van der Waals surface area contributed by atoms with E-state index in [2.05, 4.69) is 28.9 Å². The number of carboxylic acid groups (broad SMARTS) is 1. The maximum absolute atomic E-state index is 10.6. The van der Waals surface area contributed by atoms with Crippen LogP contribution in [0.3, 0.4) is 0 Å². The van der Waals surface area contributed by atoms with Gasteiger partial charge >= 0.3 is 5.97 Å². The summed E-state index contributed by atoms with van der Waals surface area (Å²) in [6.07, 6.45) is 3.66. The number of piperazine rings is 1. The smallest absolute Gasteiger partial charge is 0.313 e. The number of aromatic nitrogens is 2. The second kappa shape index (κ2) is 6.40. The summed E-state index contributed by atoms with van der Waals surface area (Å²) in [5.74, 6) is -0.758. The number of imidazole rings is 1. The van der Waals surface area contributed by atoms with Crippen LogP contribution in [0.1, 0.15) is 0 Å². The maximum Gasteiger partial charge on any atom is 0.313 e. The molecule has 0 radical (unpaired) electrons. The lowest BCUT2D eigenvalue weighted by Gasteiger charge is -2.38. The van der Waals surface area contributed by atoms with Crippen LogP contribution in [-0.2, 0) is 11.3 Å². The first-order chi connectivity index (χ1) is 9.06. The summed E-state index contributed by atoms with van der Waals surface area (Å²) in [5, 5.41) is 9.51. The maximum atomic E-state index is 10.6. The molecule has 1 atom stereocenters. The van der Waals surface area contributed by atoms with Crippen molar-refractivity contribution in [3.8, 4) is 0 Å². The Balaban J connectivity index is 1.98. The minimum Gasteiger partial charge on any atom is -0.481 e. The van der Waals surface area contributed by atoms with Crippen molar-refractivity contribution in [1.82, 2.24) is 19.4 Å². The second-order valence-electron chi connectivity index (χ2n) is 4.94. The zero-order chi connectivity index (χ0) is 13.8. The molecule has 0 spiro atoms. The summed E-state index contributed by atoms with van der Waals surface area (Å²) in [5.41, 5.74) is 0. The molecule has 106 valence electrons. The molecule has 1 fully saturated rings. The van der Waals surface area contributed by atoms with Gasteiger partial charge in [0.05, 0.1) is 5.75 Å². The number of rotatable bonds is 5. The summed E-state index contributed by atoms with van der Waals surface area (Å²) < 4.78 is 2.05. The van der Waals surface area contributed by atoms with Gasteiger partial charge in [0, 0.05) is 44.6 Å². The molecule has 0 aromatic carbocycles. The Morgan fingerprint density at radius 1 is 1.53 bits per heavy atom. The number of carbonyl (C=O) groups is 1. The van der Waals surface area contributed by atoms with Gasteiger partial charge < -0.3 is 14.6 Å². The van der Waals surface area contributed by atoms with Gasteiger partial charge in [-0.3, -0.25) is 9.69 Å². The van der Waals surface area contributed by atoms with Crippen molar-refractivity contribution in [1.29, 1.82) is 0 Å². The second-order valence-corrected chi connectivity index (χ2v) is 5.88. The van der Waals surface area contributed by atoms with Crippen molar-refractivity contribution < 1.29 is 9.90 Å². The molecule has 1 aromatic rings. The van der Waals surface area contributed by atoms with Crippen LogP contribution in [0.2, 0.25) is 0 Å². The number of thioether (sulfide) groups is 1.